The molecule has 0 spiro atoms. The number of nitrogens with one attached hydrogen (secondary N) is 1. The molecule has 0 radical (unpaired) electrons. The number of amides is 1. The van der Waals surface area contributed by atoms with Crippen molar-refractivity contribution in [2.24, 2.45) is 0 Å². The molecular weight excluding hydrogens is 306 g/mol. The number of imidazole rings is 1. The summed E-state index contributed by atoms with van der Waals surface area (Å²) >= 11 is 5.93. The topological polar surface area (TPSA) is 72.7 Å². The smallest absolute Gasteiger partial charge is 0.408 e. The van der Waals surface area contributed by atoms with Crippen molar-refractivity contribution in [2.45, 2.75) is 38.8 Å². The highest BCUT2D eigenvalue weighted by Crippen LogP contribution is 2.19. The fourth-order valence-corrected chi connectivity index (χ4v) is 2.12. The normalized spacial score (nSPS) is 12.9. The minimum Gasteiger partial charge on any atom is -0.444 e. The van der Waals surface area contributed by atoms with E-state index in [4.69, 9.17) is 16.3 Å². The molecule has 6 nitrogen and oxygen atoms in total. The average molecular weight is 324 g/mol. The van der Waals surface area contributed by atoms with E-state index in [1.165, 1.54) is 0 Å². The van der Waals surface area contributed by atoms with Gasteiger partial charge >= 0.3 is 6.09 Å². The molecule has 2 heterocycles. The van der Waals surface area contributed by atoms with Gasteiger partial charge in [-0.15, -0.1) is 0 Å². The first kappa shape index (κ1) is 16.3. The van der Waals surface area contributed by atoms with E-state index in [1.54, 1.807) is 49.7 Å². The molecule has 22 heavy (non-hydrogen) atoms. The molecule has 0 saturated heterocycles. The lowest BCUT2D eigenvalue weighted by Gasteiger charge is -2.22. The van der Waals surface area contributed by atoms with Crippen molar-refractivity contribution in [3.05, 3.63) is 35.2 Å². The van der Waals surface area contributed by atoms with E-state index in [-0.39, 0.29) is 6.42 Å². The molecule has 2 aromatic rings. The number of nitrogens with zero attached hydrogens (tertiary/aromatic N) is 2. The van der Waals surface area contributed by atoms with Gasteiger partial charge in [-0.1, -0.05) is 11.6 Å². The first-order valence-corrected chi connectivity index (χ1v) is 7.23. The van der Waals surface area contributed by atoms with Crippen LogP contribution in [0, 0.1) is 0 Å². The molecule has 2 aromatic heterocycles. The quantitative estimate of drug-likeness (QED) is 0.877. The van der Waals surface area contributed by atoms with E-state index in [2.05, 4.69) is 10.3 Å². The van der Waals surface area contributed by atoms with Crippen LogP contribution in [0.2, 0.25) is 5.02 Å². The van der Waals surface area contributed by atoms with E-state index in [0.717, 1.165) is 6.29 Å². The first-order chi connectivity index (χ1) is 10.3. The summed E-state index contributed by atoms with van der Waals surface area (Å²) < 4.78 is 6.95. The molecule has 0 aliphatic heterocycles. The Kier molecular flexibility index (Phi) is 4.71. The number of hydrogen-bond acceptors (Lipinski definition) is 4. The molecule has 0 saturated carbocycles. The lowest BCUT2D eigenvalue weighted by Crippen LogP contribution is -2.35. The molecule has 0 bridgehead atoms. The molecule has 0 aliphatic carbocycles. The second-order valence-electron chi connectivity index (χ2n) is 5.88. The number of ether oxygens (including phenoxy) is 1. The molecule has 118 valence electrons. The largest absolute Gasteiger partial charge is 0.444 e. The number of aldehydes is 1. The van der Waals surface area contributed by atoms with E-state index >= 15 is 0 Å². The molecule has 7 heteroatoms. The van der Waals surface area contributed by atoms with Crippen LogP contribution < -0.4 is 5.32 Å². The summed E-state index contributed by atoms with van der Waals surface area (Å²) in [4.78, 5) is 27.2. The minimum absolute atomic E-state index is 0.108. The van der Waals surface area contributed by atoms with E-state index in [1.807, 2.05) is 0 Å². The summed E-state index contributed by atoms with van der Waals surface area (Å²) in [6.07, 6.45) is 3.69. The molecule has 1 amide bonds. The summed E-state index contributed by atoms with van der Waals surface area (Å²) in [6, 6.07) is 2.94. The van der Waals surface area contributed by atoms with Crippen LogP contribution in [0.1, 0.15) is 38.9 Å². The van der Waals surface area contributed by atoms with Gasteiger partial charge < -0.3 is 19.2 Å². The lowest BCUT2D eigenvalue weighted by atomic mass is 10.1. The molecule has 0 fully saturated rings. The third-order valence-corrected chi connectivity index (χ3v) is 3.04. The van der Waals surface area contributed by atoms with Crippen LogP contribution in [0.25, 0.3) is 5.65 Å². The summed E-state index contributed by atoms with van der Waals surface area (Å²) in [6.45, 7) is 5.32. The van der Waals surface area contributed by atoms with Gasteiger partial charge in [-0.25, -0.2) is 9.78 Å². The highest BCUT2D eigenvalue weighted by Gasteiger charge is 2.22. The van der Waals surface area contributed by atoms with Crippen LogP contribution in [-0.2, 0) is 9.53 Å². The number of carbonyl (C=O) groups excluding carboxylic acids is 2. The maximum absolute atomic E-state index is 11.9. The second kappa shape index (κ2) is 6.36. The van der Waals surface area contributed by atoms with Gasteiger partial charge in [0.2, 0.25) is 0 Å². The van der Waals surface area contributed by atoms with Gasteiger partial charge in [0.15, 0.2) is 0 Å². The van der Waals surface area contributed by atoms with Gasteiger partial charge in [0, 0.05) is 18.8 Å². The number of pyridine rings is 1. The predicted molar refractivity (Wildman–Crippen MR) is 83.0 cm³/mol. The van der Waals surface area contributed by atoms with Crippen molar-refractivity contribution < 1.29 is 14.3 Å². The third-order valence-electron chi connectivity index (χ3n) is 2.81. The number of aromatic nitrogens is 2. The maximum Gasteiger partial charge on any atom is 0.408 e. The number of alkyl carbamates (subject to hydrolysis) is 1. The summed E-state index contributed by atoms with van der Waals surface area (Å²) in [5, 5.41) is 3.24. The van der Waals surface area contributed by atoms with Gasteiger partial charge in [0.1, 0.15) is 17.5 Å². The zero-order valence-electron chi connectivity index (χ0n) is 12.7. The Labute approximate surface area is 133 Å². The van der Waals surface area contributed by atoms with Crippen LogP contribution in [0.15, 0.2) is 24.5 Å². The molecule has 0 unspecified atom stereocenters. The van der Waals surface area contributed by atoms with E-state index in [9.17, 15) is 9.59 Å². The number of rotatable bonds is 4. The lowest BCUT2D eigenvalue weighted by molar-refractivity contribution is -0.108. The Morgan fingerprint density at radius 2 is 2.18 bits per heavy atom. The van der Waals surface area contributed by atoms with Gasteiger partial charge in [0.25, 0.3) is 0 Å². The number of halogens is 1. The van der Waals surface area contributed by atoms with Crippen LogP contribution in [0.3, 0.4) is 0 Å². The Morgan fingerprint density at radius 3 is 2.82 bits per heavy atom. The summed E-state index contributed by atoms with van der Waals surface area (Å²) in [5.74, 6) is 0. The van der Waals surface area contributed by atoms with Crippen LogP contribution >= 0.6 is 11.6 Å². The Balaban J connectivity index is 2.22. The zero-order chi connectivity index (χ0) is 16.3. The number of hydrogen-bond donors (Lipinski definition) is 1. The monoisotopic (exact) mass is 323 g/mol. The summed E-state index contributed by atoms with van der Waals surface area (Å²) in [7, 11) is 0. The minimum atomic E-state index is -0.609. The van der Waals surface area contributed by atoms with Crippen LogP contribution in [0.5, 0.6) is 0 Å². The predicted octanol–water partition coefficient (Wildman–Crippen LogP) is 3.14. The van der Waals surface area contributed by atoms with E-state index in [0.29, 0.717) is 16.4 Å². The van der Waals surface area contributed by atoms with Crippen LogP contribution in [0.4, 0.5) is 4.79 Å². The van der Waals surface area contributed by atoms with Gasteiger partial charge in [-0.3, -0.25) is 0 Å². The van der Waals surface area contributed by atoms with Crippen molar-refractivity contribution >= 4 is 29.6 Å². The fourth-order valence-electron chi connectivity index (χ4n) is 1.95. The molecule has 0 aromatic carbocycles. The molecular formula is C15H18ClN3O3. The molecule has 2 rings (SSSR count). The first-order valence-electron chi connectivity index (χ1n) is 6.86. The third kappa shape index (κ3) is 4.21. The molecule has 1 N–H and O–H groups in total. The fraction of sp³-hybridized carbons (Fsp3) is 0.400. The highest BCUT2D eigenvalue weighted by molar-refractivity contribution is 6.30. The standard InChI is InChI=1S/C15H18ClN3O3/c1-15(2,3)22-14(21)18-11(6-7-20)12-9-19-8-10(16)4-5-13(19)17-12/h4-5,7-9,11H,6H2,1-3H3,(H,18,21)/t11-/m1/s1. The van der Waals surface area contributed by atoms with Crippen molar-refractivity contribution in [1.29, 1.82) is 0 Å². The van der Waals surface area contributed by atoms with Crippen molar-refractivity contribution in [3.8, 4) is 0 Å². The van der Waals surface area contributed by atoms with Gasteiger partial charge in [-0.05, 0) is 32.9 Å². The number of carbonyl (C=O) groups is 2. The Hall–Kier alpha value is -2.08. The Bertz CT molecular complexity index is 691. The Morgan fingerprint density at radius 1 is 1.45 bits per heavy atom. The number of fused-ring (bicyclic) bond motifs is 1. The van der Waals surface area contributed by atoms with Crippen LogP contribution in [-0.4, -0.2) is 27.4 Å². The van der Waals surface area contributed by atoms with E-state index < -0.39 is 17.7 Å². The molecule has 1 atom stereocenters. The summed E-state index contributed by atoms with van der Waals surface area (Å²) in [5.41, 5.74) is 0.643. The maximum atomic E-state index is 11.9. The zero-order valence-corrected chi connectivity index (χ0v) is 13.4. The van der Waals surface area contributed by atoms with Crippen molar-refractivity contribution in [2.75, 3.05) is 0 Å². The SMILES string of the molecule is CC(C)(C)OC(=O)N[C@H](CC=O)c1cn2cc(Cl)ccc2n1. The molecule has 0 aliphatic rings. The van der Waals surface area contributed by atoms with Gasteiger partial charge in [0.05, 0.1) is 16.8 Å². The average Bonchev–Trinajstić information content (AvgIpc) is 2.78. The van der Waals surface area contributed by atoms with Crippen molar-refractivity contribution in [1.82, 2.24) is 14.7 Å². The van der Waals surface area contributed by atoms with Gasteiger partial charge in [-0.2, -0.15) is 0 Å². The highest BCUT2D eigenvalue weighted by atomic mass is 35.5. The second-order valence-corrected chi connectivity index (χ2v) is 6.32. The van der Waals surface area contributed by atoms with Crippen molar-refractivity contribution in [3.63, 3.8) is 0 Å².